The number of carbonyl (C=O) groups excluding carboxylic acids is 2. The first-order chi connectivity index (χ1) is 11.1. The standard InChI is InChI=1S/C17H14ClFN2O2/c18-14-8-11(19)4-3-10(14)9-21-17(23)13-5-6-15(22)16-12(13)2-1-7-20-16/h1-4,7-8,13H,5-6,9H2,(H,21,23). The number of Topliss-reactive ketones (excluding diaryl/α,β-unsaturated/α-hetero) is 1. The van der Waals surface area contributed by atoms with Gasteiger partial charge in [0.2, 0.25) is 5.91 Å². The number of carbonyl (C=O) groups is 2. The molecule has 1 aromatic heterocycles. The van der Waals surface area contributed by atoms with Crippen LogP contribution in [0.4, 0.5) is 4.39 Å². The van der Waals surface area contributed by atoms with E-state index in [1.807, 2.05) is 0 Å². The minimum Gasteiger partial charge on any atom is -0.351 e. The van der Waals surface area contributed by atoms with Crippen molar-refractivity contribution in [2.24, 2.45) is 0 Å². The Morgan fingerprint density at radius 1 is 1.39 bits per heavy atom. The van der Waals surface area contributed by atoms with Gasteiger partial charge in [-0.05, 0) is 35.7 Å². The second-order valence-electron chi connectivity index (χ2n) is 5.41. The number of nitrogens with zero attached hydrogens (tertiary/aromatic N) is 1. The molecule has 0 bridgehead atoms. The van der Waals surface area contributed by atoms with Gasteiger partial charge in [-0.15, -0.1) is 0 Å². The fourth-order valence-electron chi connectivity index (χ4n) is 2.72. The highest BCUT2D eigenvalue weighted by Gasteiger charge is 2.31. The van der Waals surface area contributed by atoms with E-state index < -0.39 is 11.7 Å². The maximum Gasteiger partial charge on any atom is 0.227 e. The zero-order chi connectivity index (χ0) is 16.4. The largest absolute Gasteiger partial charge is 0.351 e. The molecule has 1 unspecified atom stereocenters. The van der Waals surface area contributed by atoms with Crippen LogP contribution in [0, 0.1) is 5.82 Å². The van der Waals surface area contributed by atoms with Crippen LogP contribution in [0.3, 0.4) is 0 Å². The van der Waals surface area contributed by atoms with Gasteiger partial charge >= 0.3 is 0 Å². The Morgan fingerprint density at radius 3 is 3.00 bits per heavy atom. The maximum atomic E-state index is 13.0. The molecule has 0 spiro atoms. The van der Waals surface area contributed by atoms with Crippen LogP contribution in [0.25, 0.3) is 0 Å². The molecule has 0 radical (unpaired) electrons. The Bertz CT molecular complexity index is 779. The molecular formula is C17H14ClFN2O2. The van der Waals surface area contributed by atoms with Crippen molar-refractivity contribution >= 4 is 23.3 Å². The summed E-state index contributed by atoms with van der Waals surface area (Å²) in [6.07, 6.45) is 2.31. The molecule has 1 N–H and O–H groups in total. The van der Waals surface area contributed by atoms with Crippen molar-refractivity contribution in [3.63, 3.8) is 0 Å². The van der Waals surface area contributed by atoms with Gasteiger partial charge in [-0.3, -0.25) is 14.6 Å². The molecule has 23 heavy (non-hydrogen) atoms. The van der Waals surface area contributed by atoms with Crippen LogP contribution in [-0.4, -0.2) is 16.7 Å². The zero-order valence-corrected chi connectivity index (χ0v) is 12.9. The molecule has 0 fully saturated rings. The van der Waals surface area contributed by atoms with Crippen molar-refractivity contribution < 1.29 is 14.0 Å². The predicted molar refractivity (Wildman–Crippen MR) is 83.8 cm³/mol. The highest BCUT2D eigenvalue weighted by molar-refractivity contribution is 6.31. The summed E-state index contributed by atoms with van der Waals surface area (Å²) in [7, 11) is 0. The van der Waals surface area contributed by atoms with Crippen molar-refractivity contribution in [2.45, 2.75) is 25.3 Å². The Labute approximate surface area is 137 Å². The molecule has 3 rings (SSSR count). The Hall–Kier alpha value is -2.27. The summed E-state index contributed by atoms with van der Waals surface area (Å²) in [6, 6.07) is 7.52. The average Bonchev–Trinajstić information content (AvgIpc) is 2.54. The third-order valence-electron chi connectivity index (χ3n) is 3.92. The van der Waals surface area contributed by atoms with Crippen LogP contribution in [-0.2, 0) is 11.3 Å². The summed E-state index contributed by atoms with van der Waals surface area (Å²) in [6.45, 7) is 0.206. The van der Waals surface area contributed by atoms with Gasteiger partial charge < -0.3 is 5.32 Å². The normalized spacial score (nSPS) is 16.8. The minimum atomic E-state index is -0.420. The molecule has 1 aliphatic carbocycles. The molecule has 118 valence electrons. The van der Waals surface area contributed by atoms with Crippen LogP contribution < -0.4 is 5.32 Å². The summed E-state index contributed by atoms with van der Waals surface area (Å²) >= 11 is 5.95. The molecule has 4 nitrogen and oxygen atoms in total. The van der Waals surface area contributed by atoms with Gasteiger partial charge in [-0.25, -0.2) is 4.39 Å². The fourth-order valence-corrected chi connectivity index (χ4v) is 2.96. The number of halogens is 2. The molecule has 1 atom stereocenters. The summed E-state index contributed by atoms with van der Waals surface area (Å²) in [4.78, 5) is 28.4. The van der Waals surface area contributed by atoms with E-state index in [2.05, 4.69) is 10.3 Å². The van der Waals surface area contributed by atoms with Crippen molar-refractivity contribution in [3.8, 4) is 0 Å². The topological polar surface area (TPSA) is 59.1 Å². The predicted octanol–water partition coefficient (Wildman–Crippen LogP) is 3.25. The highest BCUT2D eigenvalue weighted by atomic mass is 35.5. The molecule has 6 heteroatoms. The number of aromatic nitrogens is 1. The smallest absolute Gasteiger partial charge is 0.227 e. The third kappa shape index (κ3) is 3.24. The highest BCUT2D eigenvalue weighted by Crippen LogP contribution is 2.30. The first-order valence-electron chi connectivity index (χ1n) is 7.26. The van der Waals surface area contributed by atoms with E-state index in [-0.39, 0.29) is 23.3 Å². The lowest BCUT2D eigenvalue weighted by atomic mass is 9.84. The maximum absolute atomic E-state index is 13.0. The van der Waals surface area contributed by atoms with Gasteiger partial charge in [-0.2, -0.15) is 0 Å². The van der Waals surface area contributed by atoms with Crippen molar-refractivity contribution in [3.05, 3.63) is 64.2 Å². The number of nitrogens with one attached hydrogen (secondary N) is 1. The number of rotatable bonds is 3. The molecule has 1 heterocycles. The third-order valence-corrected chi connectivity index (χ3v) is 4.28. The van der Waals surface area contributed by atoms with E-state index in [1.165, 1.54) is 18.2 Å². The van der Waals surface area contributed by atoms with E-state index in [0.29, 0.717) is 29.7 Å². The lowest BCUT2D eigenvalue weighted by Crippen LogP contribution is -2.32. The summed E-state index contributed by atoms with van der Waals surface area (Å²) < 4.78 is 13.0. The van der Waals surface area contributed by atoms with E-state index in [0.717, 1.165) is 0 Å². The molecular weight excluding hydrogens is 319 g/mol. The monoisotopic (exact) mass is 332 g/mol. The molecule has 0 saturated heterocycles. The van der Waals surface area contributed by atoms with E-state index in [4.69, 9.17) is 11.6 Å². The zero-order valence-electron chi connectivity index (χ0n) is 12.2. The van der Waals surface area contributed by atoms with E-state index in [1.54, 1.807) is 18.3 Å². The van der Waals surface area contributed by atoms with Crippen LogP contribution >= 0.6 is 11.6 Å². The van der Waals surface area contributed by atoms with Crippen molar-refractivity contribution in [2.75, 3.05) is 0 Å². The molecule has 0 saturated carbocycles. The number of benzene rings is 1. The second-order valence-corrected chi connectivity index (χ2v) is 5.82. The van der Waals surface area contributed by atoms with Gasteiger partial charge in [-0.1, -0.05) is 23.7 Å². The fraction of sp³-hybridized carbons (Fsp3) is 0.235. The first kappa shape index (κ1) is 15.6. The number of fused-ring (bicyclic) bond motifs is 1. The van der Waals surface area contributed by atoms with Crippen LogP contribution in [0.2, 0.25) is 5.02 Å². The van der Waals surface area contributed by atoms with E-state index >= 15 is 0 Å². The number of hydrogen-bond acceptors (Lipinski definition) is 3. The summed E-state index contributed by atoms with van der Waals surface area (Å²) in [5.41, 5.74) is 1.67. The molecule has 2 aromatic rings. The SMILES string of the molecule is O=C1CCC(C(=O)NCc2ccc(F)cc2Cl)c2cccnc21. The lowest BCUT2D eigenvalue weighted by molar-refractivity contribution is -0.122. The first-order valence-corrected chi connectivity index (χ1v) is 7.64. The van der Waals surface area contributed by atoms with E-state index in [9.17, 15) is 14.0 Å². The average molecular weight is 333 g/mol. The minimum absolute atomic E-state index is 0.0359. The van der Waals surface area contributed by atoms with Crippen LogP contribution in [0.5, 0.6) is 0 Å². The van der Waals surface area contributed by atoms with Gasteiger partial charge in [0.1, 0.15) is 11.5 Å². The Balaban J connectivity index is 1.74. The number of ketones is 1. The quantitative estimate of drug-likeness (QED) is 0.938. The number of hydrogen-bond donors (Lipinski definition) is 1. The molecule has 1 aromatic carbocycles. The Morgan fingerprint density at radius 2 is 2.22 bits per heavy atom. The lowest BCUT2D eigenvalue weighted by Gasteiger charge is -2.23. The van der Waals surface area contributed by atoms with Crippen molar-refractivity contribution in [1.29, 1.82) is 0 Å². The molecule has 1 amide bonds. The van der Waals surface area contributed by atoms with Gasteiger partial charge in [0.25, 0.3) is 0 Å². The van der Waals surface area contributed by atoms with Crippen LogP contribution in [0.1, 0.15) is 40.4 Å². The van der Waals surface area contributed by atoms with Gasteiger partial charge in [0, 0.05) is 24.2 Å². The summed E-state index contributed by atoms with van der Waals surface area (Å²) in [5, 5.41) is 3.07. The number of pyridine rings is 1. The van der Waals surface area contributed by atoms with Gasteiger partial charge in [0.15, 0.2) is 5.78 Å². The van der Waals surface area contributed by atoms with Gasteiger partial charge in [0.05, 0.1) is 5.92 Å². The van der Waals surface area contributed by atoms with Crippen molar-refractivity contribution in [1.82, 2.24) is 10.3 Å². The number of amides is 1. The molecule has 0 aliphatic heterocycles. The second kappa shape index (κ2) is 6.46. The molecule has 1 aliphatic rings. The Kier molecular flexibility index (Phi) is 4.39. The van der Waals surface area contributed by atoms with Crippen LogP contribution in [0.15, 0.2) is 36.5 Å². The summed E-state index contributed by atoms with van der Waals surface area (Å²) in [5.74, 6) is -1.05.